The molecule has 1 aromatic heterocycles. The largest absolute Gasteiger partial charge is 0.454 e. The van der Waals surface area contributed by atoms with Gasteiger partial charge in [0.2, 0.25) is 6.79 Å². The monoisotopic (exact) mass is 334 g/mol. The average Bonchev–Trinajstić information content (AvgIpc) is 2.87. The summed E-state index contributed by atoms with van der Waals surface area (Å²) in [5.74, 6) is 2.50. The number of hydrogen-bond acceptors (Lipinski definition) is 4. The van der Waals surface area contributed by atoms with Crippen molar-refractivity contribution in [1.29, 1.82) is 0 Å². The van der Waals surface area contributed by atoms with Gasteiger partial charge in [-0.2, -0.15) is 0 Å². The molecule has 1 aliphatic heterocycles. The van der Waals surface area contributed by atoms with E-state index in [2.05, 4.69) is 33.2 Å². The SMILES string of the molecule is Cc1cc(NCc2cc3c(cc2C)OCO3)ncc1Br. The van der Waals surface area contributed by atoms with Crippen LogP contribution in [0.25, 0.3) is 0 Å². The highest BCUT2D eigenvalue weighted by Crippen LogP contribution is 2.34. The van der Waals surface area contributed by atoms with E-state index in [1.54, 1.807) is 0 Å². The number of aromatic nitrogens is 1. The molecule has 0 amide bonds. The fraction of sp³-hybridized carbons (Fsp3) is 0.267. The second kappa shape index (κ2) is 5.32. The summed E-state index contributed by atoms with van der Waals surface area (Å²) in [6.45, 7) is 5.12. The number of benzene rings is 1. The first-order valence-electron chi connectivity index (χ1n) is 6.38. The number of hydrogen-bond donors (Lipinski definition) is 1. The zero-order valence-corrected chi connectivity index (χ0v) is 13.0. The van der Waals surface area contributed by atoms with E-state index in [1.165, 1.54) is 11.1 Å². The summed E-state index contributed by atoms with van der Waals surface area (Å²) in [5.41, 5.74) is 3.51. The number of nitrogens with one attached hydrogen (secondary N) is 1. The van der Waals surface area contributed by atoms with Crippen molar-refractivity contribution in [1.82, 2.24) is 4.98 Å². The molecule has 4 nitrogen and oxygen atoms in total. The van der Waals surface area contributed by atoms with E-state index in [0.29, 0.717) is 13.3 Å². The van der Waals surface area contributed by atoms with Crippen LogP contribution in [0, 0.1) is 13.8 Å². The Morgan fingerprint density at radius 2 is 1.90 bits per heavy atom. The predicted octanol–water partition coefficient (Wildman–Crippen LogP) is 3.80. The van der Waals surface area contributed by atoms with Gasteiger partial charge in [0, 0.05) is 17.2 Å². The van der Waals surface area contributed by atoms with Crippen LogP contribution in [0.1, 0.15) is 16.7 Å². The van der Waals surface area contributed by atoms with Gasteiger partial charge in [-0.25, -0.2) is 4.98 Å². The number of ether oxygens (including phenoxy) is 2. The van der Waals surface area contributed by atoms with E-state index >= 15 is 0 Å². The lowest BCUT2D eigenvalue weighted by Crippen LogP contribution is -2.03. The molecule has 0 unspecified atom stereocenters. The highest BCUT2D eigenvalue weighted by molar-refractivity contribution is 9.10. The second-order valence-electron chi connectivity index (χ2n) is 4.80. The number of fused-ring (bicyclic) bond motifs is 1. The second-order valence-corrected chi connectivity index (χ2v) is 5.66. The Morgan fingerprint density at radius 3 is 2.65 bits per heavy atom. The van der Waals surface area contributed by atoms with Crippen molar-refractivity contribution in [3.63, 3.8) is 0 Å². The normalized spacial score (nSPS) is 12.6. The van der Waals surface area contributed by atoms with Crippen LogP contribution in [0.15, 0.2) is 28.9 Å². The minimum atomic E-state index is 0.305. The van der Waals surface area contributed by atoms with E-state index in [4.69, 9.17) is 9.47 Å². The lowest BCUT2D eigenvalue weighted by Gasteiger charge is -2.10. The number of nitrogens with zero attached hydrogens (tertiary/aromatic N) is 1. The zero-order chi connectivity index (χ0) is 14.1. The van der Waals surface area contributed by atoms with Gasteiger partial charge in [-0.1, -0.05) is 0 Å². The molecule has 0 fully saturated rings. The molecular weight excluding hydrogens is 320 g/mol. The van der Waals surface area contributed by atoms with Crippen molar-refractivity contribution in [3.05, 3.63) is 45.6 Å². The predicted molar refractivity (Wildman–Crippen MR) is 81.3 cm³/mol. The third-order valence-corrected chi connectivity index (χ3v) is 4.17. The summed E-state index contributed by atoms with van der Waals surface area (Å²) in [6.07, 6.45) is 1.81. The molecule has 0 bridgehead atoms. The summed E-state index contributed by atoms with van der Waals surface area (Å²) in [6, 6.07) is 6.06. The molecule has 0 radical (unpaired) electrons. The molecule has 2 aromatic rings. The van der Waals surface area contributed by atoms with Crippen molar-refractivity contribution < 1.29 is 9.47 Å². The average molecular weight is 335 g/mol. The fourth-order valence-corrected chi connectivity index (χ4v) is 2.31. The summed E-state index contributed by atoms with van der Waals surface area (Å²) in [5, 5.41) is 3.33. The Kier molecular flexibility index (Phi) is 3.53. The number of anilines is 1. The molecule has 1 aromatic carbocycles. The van der Waals surface area contributed by atoms with Crippen LogP contribution in [0.3, 0.4) is 0 Å². The Hall–Kier alpha value is -1.75. The van der Waals surface area contributed by atoms with Crippen LogP contribution in [-0.4, -0.2) is 11.8 Å². The van der Waals surface area contributed by atoms with Crippen molar-refractivity contribution in [2.75, 3.05) is 12.1 Å². The first-order chi connectivity index (χ1) is 9.63. The summed E-state index contributed by atoms with van der Waals surface area (Å²) in [4.78, 5) is 4.34. The number of halogens is 1. The minimum Gasteiger partial charge on any atom is -0.454 e. The van der Waals surface area contributed by atoms with Gasteiger partial charge >= 0.3 is 0 Å². The first-order valence-corrected chi connectivity index (χ1v) is 7.18. The highest BCUT2D eigenvalue weighted by atomic mass is 79.9. The molecule has 1 aliphatic rings. The third-order valence-electron chi connectivity index (χ3n) is 3.34. The van der Waals surface area contributed by atoms with E-state index in [1.807, 2.05) is 31.3 Å². The van der Waals surface area contributed by atoms with E-state index in [-0.39, 0.29) is 0 Å². The molecule has 0 saturated carbocycles. The molecular formula is C15H15BrN2O2. The topological polar surface area (TPSA) is 43.4 Å². The van der Waals surface area contributed by atoms with E-state index < -0.39 is 0 Å². The molecule has 0 spiro atoms. The van der Waals surface area contributed by atoms with Crippen LogP contribution >= 0.6 is 15.9 Å². The zero-order valence-electron chi connectivity index (χ0n) is 11.4. The lowest BCUT2D eigenvalue weighted by atomic mass is 10.1. The Labute approximate surface area is 126 Å². The number of pyridine rings is 1. The summed E-state index contributed by atoms with van der Waals surface area (Å²) in [7, 11) is 0. The van der Waals surface area contributed by atoms with Gasteiger partial charge < -0.3 is 14.8 Å². The first kappa shape index (κ1) is 13.2. The minimum absolute atomic E-state index is 0.305. The third kappa shape index (κ3) is 2.58. The van der Waals surface area contributed by atoms with Crippen LogP contribution in [0.5, 0.6) is 11.5 Å². The highest BCUT2D eigenvalue weighted by Gasteiger charge is 2.15. The summed E-state index contributed by atoms with van der Waals surface area (Å²) < 4.78 is 11.8. The Balaban J connectivity index is 1.76. The van der Waals surface area contributed by atoms with Gasteiger partial charge in [0.05, 0.1) is 0 Å². The molecule has 0 aliphatic carbocycles. The Bertz CT molecular complexity index is 659. The molecule has 3 rings (SSSR count). The maximum absolute atomic E-state index is 5.41. The molecule has 0 saturated heterocycles. The Morgan fingerprint density at radius 1 is 1.15 bits per heavy atom. The molecule has 0 atom stereocenters. The maximum atomic E-state index is 5.41. The maximum Gasteiger partial charge on any atom is 0.231 e. The van der Waals surface area contributed by atoms with Gasteiger partial charge in [0.25, 0.3) is 0 Å². The van der Waals surface area contributed by atoms with Gasteiger partial charge in [-0.15, -0.1) is 0 Å². The van der Waals surface area contributed by atoms with Crippen LogP contribution in [-0.2, 0) is 6.54 Å². The van der Waals surface area contributed by atoms with E-state index in [9.17, 15) is 0 Å². The number of aryl methyl sites for hydroxylation is 2. The lowest BCUT2D eigenvalue weighted by molar-refractivity contribution is 0.174. The van der Waals surface area contributed by atoms with Gasteiger partial charge in [-0.3, -0.25) is 0 Å². The molecule has 20 heavy (non-hydrogen) atoms. The number of rotatable bonds is 3. The van der Waals surface area contributed by atoms with Crippen LogP contribution in [0.4, 0.5) is 5.82 Å². The quantitative estimate of drug-likeness (QED) is 0.927. The van der Waals surface area contributed by atoms with Crippen LogP contribution < -0.4 is 14.8 Å². The van der Waals surface area contributed by atoms with Crippen molar-refractivity contribution in [2.24, 2.45) is 0 Å². The smallest absolute Gasteiger partial charge is 0.231 e. The van der Waals surface area contributed by atoms with Crippen molar-refractivity contribution in [3.8, 4) is 11.5 Å². The molecule has 104 valence electrons. The van der Waals surface area contributed by atoms with E-state index in [0.717, 1.165) is 27.4 Å². The fourth-order valence-electron chi connectivity index (χ4n) is 2.10. The van der Waals surface area contributed by atoms with Crippen molar-refractivity contribution >= 4 is 21.7 Å². The van der Waals surface area contributed by atoms with Crippen molar-refractivity contribution in [2.45, 2.75) is 20.4 Å². The molecule has 2 heterocycles. The van der Waals surface area contributed by atoms with Gasteiger partial charge in [-0.05, 0) is 64.7 Å². The molecule has 5 heteroatoms. The van der Waals surface area contributed by atoms with Gasteiger partial charge in [0.1, 0.15) is 5.82 Å². The summed E-state index contributed by atoms with van der Waals surface area (Å²) >= 11 is 3.45. The van der Waals surface area contributed by atoms with Crippen LogP contribution in [0.2, 0.25) is 0 Å². The standard InChI is InChI=1S/C15H15BrN2O2/c1-9-3-13-14(20-8-19-13)5-11(9)6-17-15-4-10(2)12(16)7-18-15/h3-5,7H,6,8H2,1-2H3,(H,17,18). The molecule has 1 N–H and O–H groups in total. The van der Waals surface area contributed by atoms with Gasteiger partial charge in [0.15, 0.2) is 11.5 Å².